The van der Waals surface area contributed by atoms with Crippen LogP contribution >= 0.6 is 11.6 Å². The molecule has 10 heteroatoms. The van der Waals surface area contributed by atoms with Gasteiger partial charge in [0.15, 0.2) is 5.75 Å². The summed E-state index contributed by atoms with van der Waals surface area (Å²) in [4.78, 5) is 13.6. The maximum absolute atomic E-state index is 12.4. The molecule has 1 aromatic heterocycles. The van der Waals surface area contributed by atoms with Crippen LogP contribution < -0.4 is 4.74 Å². The molecule has 0 atom stereocenters. The number of hydrogen-bond acceptors (Lipinski definition) is 3. The molecule has 0 aliphatic carbocycles. The Bertz CT molecular complexity index is 491. The summed E-state index contributed by atoms with van der Waals surface area (Å²) in [6.45, 7) is 0. The van der Waals surface area contributed by atoms with Crippen molar-refractivity contribution in [2.45, 2.75) is 19.2 Å². The average molecular weight is 306 g/mol. The zero-order chi connectivity index (χ0) is 14.8. The van der Waals surface area contributed by atoms with E-state index < -0.39 is 47.3 Å². The van der Waals surface area contributed by atoms with E-state index in [9.17, 15) is 26.7 Å². The third-order valence-electron chi connectivity index (χ3n) is 1.78. The molecule has 0 saturated heterocycles. The van der Waals surface area contributed by atoms with Gasteiger partial charge in [0.1, 0.15) is 5.69 Å². The summed E-state index contributed by atoms with van der Waals surface area (Å²) < 4.78 is 64.6. The molecule has 1 aromatic rings. The van der Waals surface area contributed by atoms with Gasteiger partial charge >= 0.3 is 12.3 Å². The molecule has 0 aromatic carbocycles. The van der Waals surface area contributed by atoms with Crippen LogP contribution in [-0.2, 0) is 11.2 Å². The molecular weight excluding hydrogens is 301 g/mol. The number of alkyl halides is 5. The first kappa shape index (κ1) is 15.4. The van der Waals surface area contributed by atoms with E-state index >= 15 is 0 Å². The minimum atomic E-state index is -5.15. The van der Waals surface area contributed by atoms with Gasteiger partial charge in [0.2, 0.25) is 0 Å². The summed E-state index contributed by atoms with van der Waals surface area (Å²) in [5.74, 6) is -2.66. The van der Waals surface area contributed by atoms with E-state index in [0.29, 0.717) is 6.07 Å². The van der Waals surface area contributed by atoms with Crippen LogP contribution in [0.15, 0.2) is 6.07 Å². The van der Waals surface area contributed by atoms with Crippen LogP contribution in [0, 0.1) is 0 Å². The number of halogens is 6. The van der Waals surface area contributed by atoms with Gasteiger partial charge in [-0.05, 0) is 6.07 Å². The molecule has 1 N–H and O–H groups in total. The Morgan fingerprint density at radius 3 is 2.47 bits per heavy atom. The monoisotopic (exact) mass is 305 g/mol. The van der Waals surface area contributed by atoms with Crippen LogP contribution in [0.4, 0.5) is 22.0 Å². The summed E-state index contributed by atoms with van der Waals surface area (Å²) in [5, 5.41) is 7.71. The number of nitrogens with zero attached hydrogens (tertiary/aromatic N) is 1. The number of pyridine rings is 1. The van der Waals surface area contributed by atoms with Gasteiger partial charge in [-0.25, -0.2) is 13.8 Å². The molecule has 0 fully saturated rings. The Morgan fingerprint density at radius 2 is 2.05 bits per heavy atom. The Morgan fingerprint density at radius 1 is 1.47 bits per heavy atom. The van der Waals surface area contributed by atoms with E-state index in [-0.39, 0.29) is 0 Å². The zero-order valence-electron chi connectivity index (χ0n) is 8.84. The normalized spacial score (nSPS) is 11.7. The van der Waals surface area contributed by atoms with Crippen LogP contribution in [0.25, 0.3) is 0 Å². The van der Waals surface area contributed by atoms with Crippen molar-refractivity contribution in [2.75, 3.05) is 0 Å². The molecule has 0 amide bonds. The Labute approximate surface area is 107 Å². The second kappa shape index (κ2) is 5.55. The molecule has 0 spiro atoms. The number of ether oxygens (including phenoxy) is 1. The highest BCUT2D eigenvalue weighted by Gasteiger charge is 2.34. The number of aromatic nitrogens is 1. The Hall–Kier alpha value is -1.64. The van der Waals surface area contributed by atoms with E-state index in [1.807, 2.05) is 0 Å². The van der Waals surface area contributed by atoms with Crippen molar-refractivity contribution in [1.82, 2.24) is 4.98 Å². The van der Waals surface area contributed by atoms with Crippen LogP contribution in [0.5, 0.6) is 5.75 Å². The van der Waals surface area contributed by atoms with Crippen LogP contribution in [0.2, 0.25) is 5.02 Å². The molecule has 1 rings (SSSR count). The molecule has 0 aliphatic rings. The van der Waals surface area contributed by atoms with Crippen LogP contribution in [-0.4, -0.2) is 22.4 Å². The molecule has 0 bridgehead atoms. The minimum Gasteiger partial charge on any atom is -0.481 e. The summed E-state index contributed by atoms with van der Waals surface area (Å²) in [7, 11) is 0. The fourth-order valence-electron chi connectivity index (χ4n) is 1.17. The lowest BCUT2D eigenvalue weighted by Crippen LogP contribution is -2.20. The summed E-state index contributed by atoms with van der Waals surface area (Å²) in [6, 6.07) is 0.485. The van der Waals surface area contributed by atoms with Gasteiger partial charge in [-0.3, -0.25) is 4.79 Å². The first-order valence-corrected chi connectivity index (χ1v) is 4.93. The number of carboxylic acids is 1. The zero-order valence-corrected chi connectivity index (χ0v) is 9.60. The summed E-state index contributed by atoms with van der Waals surface area (Å²) in [6.07, 6.45) is -9.29. The van der Waals surface area contributed by atoms with Crippen molar-refractivity contribution in [3.8, 4) is 5.75 Å². The fraction of sp³-hybridized carbons (Fsp3) is 0.333. The standard InChI is InChI=1S/C9H5ClF5NO3/c10-3-1-5(8(11)12)16-4(2-6(17)18)7(3)19-9(13,14)15/h1,8H,2H2,(H,17,18). The number of carbonyl (C=O) groups is 1. The number of hydrogen-bond donors (Lipinski definition) is 1. The van der Waals surface area contributed by atoms with Crippen molar-refractivity contribution in [3.63, 3.8) is 0 Å². The maximum Gasteiger partial charge on any atom is 0.573 e. The summed E-state index contributed by atoms with van der Waals surface area (Å²) in [5.41, 5.74) is -1.76. The number of aliphatic carboxylic acids is 1. The smallest absolute Gasteiger partial charge is 0.481 e. The topological polar surface area (TPSA) is 59.4 Å². The molecule has 19 heavy (non-hydrogen) atoms. The lowest BCUT2D eigenvalue weighted by Gasteiger charge is -2.14. The van der Waals surface area contributed by atoms with E-state index in [1.54, 1.807) is 0 Å². The largest absolute Gasteiger partial charge is 0.573 e. The molecule has 4 nitrogen and oxygen atoms in total. The van der Waals surface area contributed by atoms with Gasteiger partial charge in [-0.15, -0.1) is 13.2 Å². The van der Waals surface area contributed by atoms with E-state index in [1.165, 1.54) is 0 Å². The molecule has 1 heterocycles. The summed E-state index contributed by atoms with van der Waals surface area (Å²) >= 11 is 5.38. The fourth-order valence-corrected chi connectivity index (χ4v) is 1.43. The van der Waals surface area contributed by atoms with Crippen molar-refractivity contribution < 1.29 is 36.6 Å². The second-order valence-electron chi connectivity index (χ2n) is 3.22. The highest BCUT2D eigenvalue weighted by atomic mass is 35.5. The lowest BCUT2D eigenvalue weighted by atomic mass is 10.2. The Balaban J connectivity index is 3.30. The maximum atomic E-state index is 12.4. The van der Waals surface area contributed by atoms with Crippen molar-refractivity contribution in [1.29, 1.82) is 0 Å². The van der Waals surface area contributed by atoms with Gasteiger partial charge in [-0.1, -0.05) is 11.6 Å². The third kappa shape index (κ3) is 4.51. The van der Waals surface area contributed by atoms with E-state index in [4.69, 9.17) is 16.7 Å². The average Bonchev–Trinajstić information content (AvgIpc) is 2.20. The van der Waals surface area contributed by atoms with Crippen molar-refractivity contribution in [2.24, 2.45) is 0 Å². The highest BCUT2D eigenvalue weighted by Crippen LogP contribution is 2.35. The molecule has 0 saturated carbocycles. The molecule has 0 aliphatic heterocycles. The molecule has 106 valence electrons. The number of rotatable bonds is 4. The lowest BCUT2D eigenvalue weighted by molar-refractivity contribution is -0.275. The number of carboxylic acid groups (broad SMARTS) is 1. The predicted octanol–water partition coefficient (Wildman–Crippen LogP) is 3.20. The van der Waals surface area contributed by atoms with E-state index in [0.717, 1.165) is 0 Å². The van der Waals surface area contributed by atoms with Gasteiger partial charge in [0.25, 0.3) is 6.43 Å². The van der Waals surface area contributed by atoms with Crippen LogP contribution in [0.1, 0.15) is 17.8 Å². The molecular formula is C9H5ClF5NO3. The highest BCUT2D eigenvalue weighted by molar-refractivity contribution is 6.32. The van der Waals surface area contributed by atoms with Gasteiger partial charge in [0.05, 0.1) is 17.1 Å². The van der Waals surface area contributed by atoms with Gasteiger partial charge in [0, 0.05) is 0 Å². The quantitative estimate of drug-likeness (QED) is 0.868. The first-order valence-electron chi connectivity index (χ1n) is 4.55. The predicted molar refractivity (Wildman–Crippen MR) is 52.2 cm³/mol. The van der Waals surface area contributed by atoms with Crippen molar-refractivity contribution in [3.05, 3.63) is 22.5 Å². The first-order chi connectivity index (χ1) is 8.60. The SMILES string of the molecule is O=C(O)Cc1nc(C(F)F)cc(Cl)c1OC(F)(F)F. The molecule has 0 radical (unpaired) electrons. The van der Waals surface area contributed by atoms with E-state index in [2.05, 4.69) is 9.72 Å². The third-order valence-corrected chi connectivity index (χ3v) is 2.06. The van der Waals surface area contributed by atoms with Gasteiger partial charge in [-0.2, -0.15) is 0 Å². The molecule has 0 unspecified atom stereocenters. The van der Waals surface area contributed by atoms with Crippen molar-refractivity contribution >= 4 is 17.6 Å². The van der Waals surface area contributed by atoms with Gasteiger partial charge < -0.3 is 9.84 Å². The second-order valence-corrected chi connectivity index (χ2v) is 3.63. The van der Waals surface area contributed by atoms with Crippen LogP contribution in [0.3, 0.4) is 0 Å². The Kier molecular flexibility index (Phi) is 4.51. The minimum absolute atomic E-state index is 0.485.